The highest BCUT2D eigenvalue weighted by Crippen LogP contribution is 2.24. The summed E-state index contributed by atoms with van der Waals surface area (Å²) in [5.74, 6) is 0.896. The van der Waals surface area contributed by atoms with Crippen LogP contribution >= 0.6 is 0 Å². The van der Waals surface area contributed by atoms with Crippen LogP contribution in [0.25, 0.3) is 0 Å². The van der Waals surface area contributed by atoms with Crippen molar-refractivity contribution in [1.82, 2.24) is 14.8 Å². The number of aromatic nitrogens is 1. The number of likely N-dealkylation sites (tertiary alicyclic amines) is 1. The van der Waals surface area contributed by atoms with Gasteiger partial charge in [0.15, 0.2) is 0 Å². The number of rotatable bonds is 5. The first-order valence-electron chi connectivity index (χ1n) is 8.94. The van der Waals surface area contributed by atoms with Gasteiger partial charge in [-0.25, -0.2) is 0 Å². The molecular formula is C20H25N3O2. The van der Waals surface area contributed by atoms with Crippen molar-refractivity contribution in [2.75, 3.05) is 33.3 Å². The number of nitrogens with zero attached hydrogens (tertiary/aromatic N) is 3. The van der Waals surface area contributed by atoms with Crippen LogP contribution in [0.1, 0.15) is 11.3 Å². The Hall–Kier alpha value is -1.95. The van der Waals surface area contributed by atoms with E-state index in [1.807, 2.05) is 24.3 Å². The third-order valence-electron chi connectivity index (χ3n) is 5.07. The maximum absolute atomic E-state index is 5.94. The van der Waals surface area contributed by atoms with Crippen molar-refractivity contribution in [3.05, 3.63) is 59.9 Å². The molecule has 0 aliphatic carbocycles. The van der Waals surface area contributed by atoms with E-state index in [9.17, 15) is 0 Å². The van der Waals surface area contributed by atoms with Crippen molar-refractivity contribution >= 4 is 0 Å². The number of morpholine rings is 1. The molecule has 5 nitrogen and oxygen atoms in total. The smallest absolute Gasteiger partial charge is 0.130 e. The summed E-state index contributed by atoms with van der Waals surface area (Å²) in [5, 5.41) is 0. The molecule has 25 heavy (non-hydrogen) atoms. The molecule has 0 amide bonds. The Bertz CT molecular complexity index is 694. The Morgan fingerprint density at radius 3 is 3.00 bits per heavy atom. The number of hydrogen-bond donors (Lipinski definition) is 0. The summed E-state index contributed by atoms with van der Waals surface area (Å²) in [5.41, 5.74) is 2.22. The van der Waals surface area contributed by atoms with E-state index in [2.05, 4.69) is 40.0 Å². The van der Waals surface area contributed by atoms with E-state index in [0.29, 0.717) is 18.8 Å². The first-order chi connectivity index (χ1) is 12.3. The second-order valence-electron chi connectivity index (χ2n) is 6.91. The van der Waals surface area contributed by atoms with E-state index in [1.165, 1.54) is 5.56 Å². The topological polar surface area (TPSA) is 37.8 Å². The van der Waals surface area contributed by atoms with E-state index >= 15 is 0 Å². The number of ether oxygens (including phenoxy) is 2. The molecule has 1 aromatic heterocycles. The normalized spacial score (nSPS) is 24.2. The Labute approximate surface area is 149 Å². The van der Waals surface area contributed by atoms with Gasteiger partial charge in [0, 0.05) is 38.4 Å². The van der Waals surface area contributed by atoms with Crippen LogP contribution in [0.3, 0.4) is 0 Å². The molecule has 0 radical (unpaired) electrons. The second kappa shape index (κ2) is 7.52. The maximum Gasteiger partial charge on any atom is 0.130 e. The molecule has 0 N–H and O–H groups in total. The van der Waals surface area contributed by atoms with Crippen LogP contribution in [0, 0.1) is 0 Å². The lowest BCUT2D eigenvalue weighted by Gasteiger charge is -2.33. The van der Waals surface area contributed by atoms with Crippen molar-refractivity contribution in [1.29, 1.82) is 0 Å². The second-order valence-corrected chi connectivity index (χ2v) is 6.91. The zero-order valence-electron chi connectivity index (χ0n) is 14.7. The van der Waals surface area contributed by atoms with Crippen molar-refractivity contribution < 1.29 is 9.47 Å². The molecule has 2 saturated heterocycles. The van der Waals surface area contributed by atoms with Crippen LogP contribution in [0.15, 0.2) is 48.7 Å². The average molecular weight is 339 g/mol. The summed E-state index contributed by atoms with van der Waals surface area (Å²) in [6.45, 7) is 5.39. The Balaban J connectivity index is 1.35. The van der Waals surface area contributed by atoms with Gasteiger partial charge in [-0.2, -0.15) is 0 Å². The molecular weight excluding hydrogens is 314 g/mol. The highest BCUT2D eigenvalue weighted by atomic mass is 16.5. The minimum absolute atomic E-state index is 0.349. The third-order valence-corrected chi connectivity index (χ3v) is 5.07. The summed E-state index contributed by atoms with van der Waals surface area (Å²) >= 11 is 0. The van der Waals surface area contributed by atoms with Gasteiger partial charge < -0.3 is 9.47 Å². The Kier molecular flexibility index (Phi) is 4.97. The van der Waals surface area contributed by atoms with Crippen LogP contribution in [-0.2, 0) is 17.9 Å². The highest BCUT2D eigenvalue weighted by Gasteiger charge is 2.38. The molecule has 1 aromatic carbocycles. The lowest BCUT2D eigenvalue weighted by atomic mass is 10.1. The van der Waals surface area contributed by atoms with Crippen LogP contribution in [-0.4, -0.2) is 60.2 Å². The summed E-state index contributed by atoms with van der Waals surface area (Å²) in [4.78, 5) is 9.21. The predicted octanol–water partition coefficient (Wildman–Crippen LogP) is 2.18. The molecule has 2 unspecified atom stereocenters. The summed E-state index contributed by atoms with van der Waals surface area (Å²) in [7, 11) is 2.20. The monoisotopic (exact) mass is 339 g/mol. The molecule has 0 bridgehead atoms. The number of hydrogen-bond acceptors (Lipinski definition) is 5. The molecule has 2 fully saturated rings. The summed E-state index contributed by atoms with van der Waals surface area (Å²) < 4.78 is 11.8. The van der Waals surface area contributed by atoms with Gasteiger partial charge in [-0.15, -0.1) is 0 Å². The molecule has 2 aliphatic heterocycles. The lowest BCUT2D eigenvalue weighted by Crippen LogP contribution is -2.48. The van der Waals surface area contributed by atoms with Crippen LogP contribution in [0.4, 0.5) is 0 Å². The minimum atomic E-state index is 0.349. The fourth-order valence-corrected chi connectivity index (χ4v) is 3.70. The SMILES string of the molecule is CN1CCOC2CN(Cc3cccc(OCc4ccccn4)c3)CC21. The first-order valence-corrected chi connectivity index (χ1v) is 8.94. The predicted molar refractivity (Wildman–Crippen MR) is 96.4 cm³/mol. The fourth-order valence-electron chi connectivity index (χ4n) is 3.70. The van der Waals surface area contributed by atoms with Crippen LogP contribution in [0.2, 0.25) is 0 Å². The summed E-state index contributed by atoms with van der Waals surface area (Å²) in [6.07, 6.45) is 2.14. The van der Waals surface area contributed by atoms with Gasteiger partial charge in [-0.3, -0.25) is 14.8 Å². The minimum Gasteiger partial charge on any atom is -0.487 e. The van der Waals surface area contributed by atoms with Gasteiger partial charge in [0.1, 0.15) is 12.4 Å². The van der Waals surface area contributed by atoms with Crippen molar-refractivity contribution in [3.8, 4) is 5.75 Å². The van der Waals surface area contributed by atoms with Crippen molar-refractivity contribution in [2.24, 2.45) is 0 Å². The van der Waals surface area contributed by atoms with Gasteiger partial charge in [0.25, 0.3) is 0 Å². The summed E-state index contributed by atoms with van der Waals surface area (Å²) in [6, 6.07) is 14.8. The average Bonchev–Trinajstić information content (AvgIpc) is 3.05. The molecule has 0 spiro atoms. The van der Waals surface area contributed by atoms with Gasteiger partial charge in [0.2, 0.25) is 0 Å². The zero-order chi connectivity index (χ0) is 17.1. The largest absolute Gasteiger partial charge is 0.487 e. The lowest BCUT2D eigenvalue weighted by molar-refractivity contribution is -0.0370. The molecule has 0 saturated carbocycles. The van der Waals surface area contributed by atoms with E-state index in [0.717, 1.165) is 44.2 Å². The van der Waals surface area contributed by atoms with Crippen LogP contribution < -0.4 is 4.74 Å². The Morgan fingerprint density at radius 1 is 1.20 bits per heavy atom. The van der Waals surface area contributed by atoms with E-state index in [4.69, 9.17) is 9.47 Å². The molecule has 2 aromatic rings. The molecule has 3 heterocycles. The Morgan fingerprint density at radius 2 is 2.16 bits per heavy atom. The number of likely N-dealkylation sites (N-methyl/N-ethyl adjacent to an activating group) is 1. The van der Waals surface area contributed by atoms with Crippen molar-refractivity contribution in [3.63, 3.8) is 0 Å². The number of fused-ring (bicyclic) bond motifs is 1. The fraction of sp³-hybridized carbons (Fsp3) is 0.450. The van der Waals surface area contributed by atoms with Gasteiger partial charge in [-0.05, 0) is 36.9 Å². The first kappa shape index (κ1) is 16.5. The van der Waals surface area contributed by atoms with Crippen molar-refractivity contribution in [2.45, 2.75) is 25.3 Å². The molecule has 4 rings (SSSR count). The molecule has 132 valence electrons. The van der Waals surface area contributed by atoms with Gasteiger partial charge in [0.05, 0.1) is 18.4 Å². The van der Waals surface area contributed by atoms with Crippen LogP contribution in [0.5, 0.6) is 5.75 Å². The standard InChI is InChI=1S/C20H25N3O2/c1-22-9-10-24-20-14-23(13-19(20)22)12-16-5-4-7-18(11-16)25-15-17-6-2-3-8-21-17/h2-8,11,19-20H,9-10,12-15H2,1H3. The molecule has 5 heteroatoms. The zero-order valence-corrected chi connectivity index (χ0v) is 14.7. The van der Waals surface area contributed by atoms with Gasteiger partial charge >= 0.3 is 0 Å². The van der Waals surface area contributed by atoms with E-state index in [1.54, 1.807) is 6.20 Å². The molecule has 2 atom stereocenters. The van der Waals surface area contributed by atoms with Gasteiger partial charge in [-0.1, -0.05) is 18.2 Å². The third kappa shape index (κ3) is 4.00. The number of pyridine rings is 1. The quantitative estimate of drug-likeness (QED) is 0.835. The van der Waals surface area contributed by atoms with E-state index < -0.39 is 0 Å². The number of benzene rings is 1. The maximum atomic E-state index is 5.94. The van der Waals surface area contributed by atoms with E-state index in [-0.39, 0.29) is 0 Å². The molecule has 2 aliphatic rings. The highest BCUT2D eigenvalue weighted by molar-refractivity contribution is 5.29.